The molecule has 1 amide bonds. The van der Waals surface area contributed by atoms with Crippen LogP contribution >= 0.6 is 23.2 Å². The molecule has 3 rings (SSSR count). The van der Waals surface area contributed by atoms with Crippen LogP contribution in [0.25, 0.3) is 0 Å². The molecule has 0 fully saturated rings. The van der Waals surface area contributed by atoms with Crippen LogP contribution in [-0.4, -0.2) is 23.0 Å². The van der Waals surface area contributed by atoms with E-state index in [9.17, 15) is 9.90 Å². The van der Waals surface area contributed by atoms with E-state index in [0.717, 1.165) is 11.1 Å². The lowest BCUT2D eigenvalue weighted by atomic mass is 9.73. The van der Waals surface area contributed by atoms with Gasteiger partial charge in [0.1, 0.15) is 5.60 Å². The highest BCUT2D eigenvalue weighted by atomic mass is 35.5. The quantitative estimate of drug-likeness (QED) is 0.850. The lowest BCUT2D eigenvalue weighted by molar-refractivity contribution is -0.130. The molecule has 0 bridgehead atoms. The first-order chi connectivity index (χ1) is 11.3. The molecule has 5 heteroatoms. The number of nitrogens with zero attached hydrogens (tertiary/aromatic N) is 1. The Morgan fingerprint density at radius 3 is 2.58 bits per heavy atom. The number of carbonyl (C=O) groups excluding carboxylic acids is 1. The van der Waals surface area contributed by atoms with Gasteiger partial charge in [-0.15, -0.1) is 0 Å². The van der Waals surface area contributed by atoms with Crippen LogP contribution in [0.2, 0.25) is 10.0 Å². The molecular weight excluding hydrogens is 345 g/mol. The summed E-state index contributed by atoms with van der Waals surface area (Å²) < 4.78 is 0. The van der Waals surface area contributed by atoms with Crippen LogP contribution in [0.15, 0.2) is 42.5 Å². The van der Waals surface area contributed by atoms with Crippen LogP contribution in [0.5, 0.6) is 0 Å². The third-order valence-corrected chi connectivity index (χ3v) is 5.65. The van der Waals surface area contributed by atoms with E-state index >= 15 is 0 Å². The maximum Gasteiger partial charge on any atom is 0.219 e. The summed E-state index contributed by atoms with van der Waals surface area (Å²) in [5.74, 6) is 0.00906. The molecule has 0 saturated heterocycles. The zero-order chi connectivity index (χ0) is 17.5. The monoisotopic (exact) mass is 363 g/mol. The van der Waals surface area contributed by atoms with Crippen molar-refractivity contribution in [2.45, 2.75) is 31.4 Å². The van der Waals surface area contributed by atoms with E-state index in [2.05, 4.69) is 0 Å². The number of rotatable bonds is 2. The Hall–Kier alpha value is -1.55. The molecule has 2 aromatic rings. The minimum atomic E-state index is -1.14. The SMILES string of the molecule is CC(=O)N(C)[C@@H]1CC[C@](O)(c2ccc(Cl)c(Cl)c2)c2ccccc21. The second-order valence-electron chi connectivity index (χ2n) is 6.26. The van der Waals surface area contributed by atoms with E-state index < -0.39 is 5.60 Å². The Bertz CT molecular complexity index is 793. The molecule has 1 aliphatic rings. The molecule has 0 heterocycles. The molecular formula is C19H19Cl2NO2. The van der Waals surface area contributed by atoms with Gasteiger partial charge in [0.2, 0.25) is 5.91 Å². The van der Waals surface area contributed by atoms with Crippen molar-refractivity contribution < 1.29 is 9.90 Å². The summed E-state index contributed by atoms with van der Waals surface area (Å²) in [6.07, 6.45) is 1.17. The van der Waals surface area contributed by atoms with Crippen LogP contribution in [0.3, 0.4) is 0 Å². The zero-order valence-corrected chi connectivity index (χ0v) is 15.1. The van der Waals surface area contributed by atoms with Gasteiger partial charge in [0.15, 0.2) is 0 Å². The van der Waals surface area contributed by atoms with Crippen LogP contribution in [-0.2, 0) is 10.4 Å². The van der Waals surface area contributed by atoms with Gasteiger partial charge in [0.05, 0.1) is 16.1 Å². The number of benzene rings is 2. The maximum absolute atomic E-state index is 11.8. The van der Waals surface area contributed by atoms with Crippen LogP contribution in [0.4, 0.5) is 0 Å². The molecule has 0 spiro atoms. The van der Waals surface area contributed by atoms with E-state index in [0.29, 0.717) is 28.5 Å². The number of halogens is 2. The van der Waals surface area contributed by atoms with Crippen molar-refractivity contribution in [1.82, 2.24) is 4.90 Å². The number of amides is 1. The van der Waals surface area contributed by atoms with Gasteiger partial charge in [0.25, 0.3) is 0 Å². The summed E-state index contributed by atoms with van der Waals surface area (Å²) in [7, 11) is 1.80. The highest BCUT2D eigenvalue weighted by molar-refractivity contribution is 6.42. The highest BCUT2D eigenvalue weighted by Gasteiger charge is 2.41. The maximum atomic E-state index is 11.8. The molecule has 2 atom stereocenters. The predicted molar refractivity (Wildman–Crippen MR) is 96.3 cm³/mol. The molecule has 0 aliphatic heterocycles. The summed E-state index contributed by atoms with van der Waals surface area (Å²) in [6.45, 7) is 1.56. The molecule has 3 nitrogen and oxygen atoms in total. The lowest BCUT2D eigenvalue weighted by Crippen LogP contribution is -2.39. The summed E-state index contributed by atoms with van der Waals surface area (Å²) >= 11 is 12.2. The first-order valence-corrected chi connectivity index (χ1v) is 8.61. The molecule has 24 heavy (non-hydrogen) atoms. The summed E-state index contributed by atoms with van der Waals surface area (Å²) in [4.78, 5) is 13.5. The molecule has 0 aromatic heterocycles. The number of hydrogen-bond donors (Lipinski definition) is 1. The van der Waals surface area contributed by atoms with E-state index in [1.165, 1.54) is 0 Å². The zero-order valence-electron chi connectivity index (χ0n) is 13.6. The van der Waals surface area contributed by atoms with Gasteiger partial charge < -0.3 is 10.0 Å². The fourth-order valence-electron chi connectivity index (χ4n) is 3.47. The predicted octanol–water partition coefficient (Wildman–Crippen LogP) is 4.54. The van der Waals surface area contributed by atoms with E-state index in [1.54, 1.807) is 37.1 Å². The standard InChI is InChI=1S/C19H19Cl2NO2/c1-12(23)22(2)18-9-10-19(24,15-6-4-3-5-14(15)18)13-7-8-16(20)17(21)11-13/h3-8,11,18,24H,9-10H2,1-2H3/t18-,19+/m1/s1. The van der Waals surface area contributed by atoms with Gasteiger partial charge in [0, 0.05) is 14.0 Å². The lowest BCUT2D eigenvalue weighted by Gasteiger charge is -2.41. The van der Waals surface area contributed by atoms with Crippen molar-refractivity contribution in [2.75, 3.05) is 7.05 Å². The van der Waals surface area contributed by atoms with E-state index in [1.807, 2.05) is 24.3 Å². The number of aliphatic hydroxyl groups is 1. The smallest absolute Gasteiger partial charge is 0.219 e. The average Bonchev–Trinajstić information content (AvgIpc) is 2.57. The van der Waals surface area contributed by atoms with Gasteiger partial charge in [-0.05, 0) is 41.7 Å². The topological polar surface area (TPSA) is 40.5 Å². The number of fused-ring (bicyclic) bond motifs is 1. The Labute approximate surface area is 151 Å². The van der Waals surface area contributed by atoms with Gasteiger partial charge >= 0.3 is 0 Å². The molecule has 1 aliphatic carbocycles. The normalized spacial score (nSPS) is 22.8. The van der Waals surface area contributed by atoms with Gasteiger partial charge in [-0.2, -0.15) is 0 Å². The van der Waals surface area contributed by atoms with Crippen LogP contribution < -0.4 is 0 Å². The van der Waals surface area contributed by atoms with Gasteiger partial charge in [-0.3, -0.25) is 4.79 Å². The number of hydrogen-bond acceptors (Lipinski definition) is 2. The van der Waals surface area contributed by atoms with Gasteiger partial charge in [-0.1, -0.05) is 53.5 Å². The summed E-state index contributed by atoms with van der Waals surface area (Å²) in [5, 5.41) is 12.3. The fourth-order valence-corrected chi connectivity index (χ4v) is 3.77. The third-order valence-electron chi connectivity index (χ3n) is 4.91. The van der Waals surface area contributed by atoms with E-state index in [4.69, 9.17) is 23.2 Å². The summed E-state index contributed by atoms with van der Waals surface area (Å²) in [5.41, 5.74) is 1.36. The second kappa shape index (κ2) is 6.40. The highest BCUT2D eigenvalue weighted by Crippen LogP contribution is 2.46. The van der Waals surface area contributed by atoms with Crippen molar-refractivity contribution in [3.05, 3.63) is 69.2 Å². The molecule has 126 valence electrons. The Morgan fingerprint density at radius 1 is 1.21 bits per heavy atom. The van der Waals surface area contributed by atoms with Crippen molar-refractivity contribution in [3.8, 4) is 0 Å². The van der Waals surface area contributed by atoms with Crippen molar-refractivity contribution in [1.29, 1.82) is 0 Å². The molecule has 0 radical (unpaired) electrons. The van der Waals surface area contributed by atoms with Crippen LogP contribution in [0.1, 0.15) is 42.5 Å². The first-order valence-electron chi connectivity index (χ1n) is 7.85. The molecule has 2 aromatic carbocycles. The number of carbonyl (C=O) groups is 1. The molecule has 1 N–H and O–H groups in total. The fraction of sp³-hybridized carbons (Fsp3) is 0.316. The molecule has 0 unspecified atom stereocenters. The Balaban J connectivity index is 2.12. The van der Waals surface area contributed by atoms with Crippen molar-refractivity contribution in [2.24, 2.45) is 0 Å². The van der Waals surface area contributed by atoms with Crippen molar-refractivity contribution in [3.63, 3.8) is 0 Å². The minimum absolute atomic E-state index is 0.00906. The van der Waals surface area contributed by atoms with Gasteiger partial charge in [-0.25, -0.2) is 0 Å². The van der Waals surface area contributed by atoms with Crippen LogP contribution in [0, 0.1) is 0 Å². The first kappa shape index (κ1) is 17.3. The average molecular weight is 364 g/mol. The summed E-state index contributed by atoms with van der Waals surface area (Å²) in [6, 6.07) is 12.9. The van der Waals surface area contributed by atoms with E-state index in [-0.39, 0.29) is 11.9 Å². The minimum Gasteiger partial charge on any atom is -0.380 e. The Morgan fingerprint density at radius 2 is 1.92 bits per heavy atom. The molecule has 0 saturated carbocycles. The second-order valence-corrected chi connectivity index (χ2v) is 7.08. The third kappa shape index (κ3) is 2.81. The Kier molecular flexibility index (Phi) is 4.60. The van der Waals surface area contributed by atoms with Crippen molar-refractivity contribution >= 4 is 29.1 Å². The largest absolute Gasteiger partial charge is 0.380 e.